The van der Waals surface area contributed by atoms with Gasteiger partial charge in [-0.05, 0) is 37.0 Å². The first-order valence-electron chi connectivity index (χ1n) is 5.73. The highest BCUT2D eigenvalue weighted by Crippen LogP contribution is 2.41. The van der Waals surface area contributed by atoms with Crippen molar-refractivity contribution in [1.82, 2.24) is 0 Å². The minimum atomic E-state index is -0.607. The van der Waals surface area contributed by atoms with Gasteiger partial charge in [-0.15, -0.1) is 0 Å². The van der Waals surface area contributed by atoms with E-state index >= 15 is 0 Å². The van der Waals surface area contributed by atoms with Crippen LogP contribution in [0.5, 0.6) is 0 Å². The van der Waals surface area contributed by atoms with Gasteiger partial charge in [-0.2, -0.15) is 0 Å². The molecule has 2 heteroatoms. The third-order valence-electron chi connectivity index (χ3n) is 3.46. The summed E-state index contributed by atoms with van der Waals surface area (Å²) in [7, 11) is 0. The van der Waals surface area contributed by atoms with Gasteiger partial charge < -0.3 is 10.8 Å². The topological polar surface area (TPSA) is 46.2 Å². The van der Waals surface area contributed by atoms with Gasteiger partial charge in [-0.25, -0.2) is 0 Å². The molecule has 14 heavy (non-hydrogen) atoms. The van der Waals surface area contributed by atoms with Crippen LogP contribution in [0.4, 0.5) is 0 Å². The number of hydrogen-bond donors (Lipinski definition) is 2. The molecule has 2 atom stereocenters. The van der Waals surface area contributed by atoms with Gasteiger partial charge in [-0.3, -0.25) is 0 Å². The molecule has 1 rings (SSSR count). The molecule has 0 aromatic carbocycles. The average Bonchev–Trinajstić information content (AvgIpc) is 1.97. The van der Waals surface area contributed by atoms with Crippen LogP contribution < -0.4 is 5.73 Å². The lowest BCUT2D eigenvalue weighted by Gasteiger charge is -2.45. The van der Waals surface area contributed by atoms with Crippen LogP contribution in [0.25, 0.3) is 0 Å². The fourth-order valence-corrected chi connectivity index (χ4v) is 2.59. The zero-order valence-corrected chi connectivity index (χ0v) is 10.0. The lowest BCUT2D eigenvalue weighted by atomic mass is 9.66. The molecule has 84 valence electrons. The van der Waals surface area contributed by atoms with Gasteiger partial charge >= 0.3 is 0 Å². The Bertz CT molecular complexity index is 200. The van der Waals surface area contributed by atoms with Crippen molar-refractivity contribution in [2.24, 2.45) is 17.1 Å². The standard InChI is InChI=1S/C12H25NO/c1-9(2)7-12(14)6-5-11(3,4)8-10(12)13/h9-10,14H,5-8,13H2,1-4H3. The monoisotopic (exact) mass is 199 g/mol. The largest absolute Gasteiger partial charge is 0.388 e. The fraction of sp³-hybridized carbons (Fsp3) is 1.00. The molecule has 3 N–H and O–H groups in total. The molecule has 0 bridgehead atoms. The Kier molecular flexibility index (Phi) is 3.27. The summed E-state index contributed by atoms with van der Waals surface area (Å²) in [6, 6.07) is -0.0475. The van der Waals surface area contributed by atoms with Gasteiger partial charge in [0.2, 0.25) is 0 Å². The van der Waals surface area contributed by atoms with E-state index in [2.05, 4.69) is 27.7 Å². The lowest BCUT2D eigenvalue weighted by molar-refractivity contribution is -0.0576. The molecule has 1 fully saturated rings. The SMILES string of the molecule is CC(C)CC1(O)CCC(C)(C)CC1N. The van der Waals surface area contributed by atoms with E-state index in [9.17, 15) is 5.11 Å². The molecule has 0 amide bonds. The molecule has 0 heterocycles. The molecule has 0 spiro atoms. The smallest absolute Gasteiger partial charge is 0.0800 e. The summed E-state index contributed by atoms with van der Waals surface area (Å²) in [5.41, 5.74) is 5.79. The minimum Gasteiger partial charge on any atom is -0.388 e. The maximum atomic E-state index is 10.4. The van der Waals surface area contributed by atoms with Gasteiger partial charge in [0.15, 0.2) is 0 Å². The highest BCUT2D eigenvalue weighted by atomic mass is 16.3. The Morgan fingerprint density at radius 2 is 1.93 bits per heavy atom. The summed E-state index contributed by atoms with van der Waals surface area (Å²) >= 11 is 0. The maximum Gasteiger partial charge on any atom is 0.0800 e. The van der Waals surface area contributed by atoms with Crippen molar-refractivity contribution in [3.63, 3.8) is 0 Å². The van der Waals surface area contributed by atoms with Gasteiger partial charge in [0.25, 0.3) is 0 Å². The number of nitrogens with two attached hydrogens (primary N) is 1. The van der Waals surface area contributed by atoms with Crippen molar-refractivity contribution in [3.8, 4) is 0 Å². The van der Waals surface area contributed by atoms with E-state index in [0.717, 1.165) is 25.7 Å². The van der Waals surface area contributed by atoms with Crippen molar-refractivity contribution >= 4 is 0 Å². The van der Waals surface area contributed by atoms with Gasteiger partial charge in [-0.1, -0.05) is 27.7 Å². The highest BCUT2D eigenvalue weighted by molar-refractivity contribution is 4.98. The van der Waals surface area contributed by atoms with Gasteiger partial charge in [0, 0.05) is 6.04 Å². The molecule has 0 aliphatic heterocycles. The van der Waals surface area contributed by atoms with Crippen LogP contribution in [0.2, 0.25) is 0 Å². The van der Waals surface area contributed by atoms with Gasteiger partial charge in [0.05, 0.1) is 5.60 Å². The third kappa shape index (κ3) is 2.71. The molecular formula is C12H25NO. The van der Waals surface area contributed by atoms with E-state index in [1.54, 1.807) is 0 Å². The Morgan fingerprint density at radius 3 is 2.36 bits per heavy atom. The number of hydrogen-bond acceptors (Lipinski definition) is 2. The molecule has 1 aliphatic rings. The molecule has 0 saturated heterocycles. The predicted molar refractivity (Wildman–Crippen MR) is 60.0 cm³/mol. The van der Waals surface area contributed by atoms with Crippen molar-refractivity contribution in [2.75, 3.05) is 0 Å². The zero-order valence-electron chi connectivity index (χ0n) is 10.0. The average molecular weight is 199 g/mol. The van der Waals surface area contributed by atoms with Crippen LogP contribution in [-0.4, -0.2) is 16.7 Å². The molecule has 1 saturated carbocycles. The first-order valence-corrected chi connectivity index (χ1v) is 5.73. The van der Waals surface area contributed by atoms with E-state index in [4.69, 9.17) is 5.73 Å². The summed E-state index contributed by atoms with van der Waals surface area (Å²) in [6.07, 6.45) is 3.73. The number of aliphatic hydroxyl groups is 1. The normalized spacial score (nSPS) is 37.5. The summed E-state index contributed by atoms with van der Waals surface area (Å²) in [5.74, 6) is 0.521. The third-order valence-corrected chi connectivity index (χ3v) is 3.46. The fourth-order valence-electron chi connectivity index (χ4n) is 2.59. The first-order chi connectivity index (χ1) is 6.25. The lowest BCUT2D eigenvalue weighted by Crippen LogP contribution is -2.54. The Balaban J connectivity index is 2.64. The van der Waals surface area contributed by atoms with Crippen LogP contribution >= 0.6 is 0 Å². The molecule has 0 aromatic rings. The van der Waals surface area contributed by atoms with Crippen LogP contribution in [0.3, 0.4) is 0 Å². The Labute approximate surface area is 87.9 Å². The summed E-state index contributed by atoms with van der Waals surface area (Å²) < 4.78 is 0. The molecule has 0 radical (unpaired) electrons. The molecular weight excluding hydrogens is 174 g/mol. The van der Waals surface area contributed by atoms with Crippen LogP contribution in [0.1, 0.15) is 53.4 Å². The van der Waals surface area contributed by atoms with Crippen LogP contribution in [-0.2, 0) is 0 Å². The van der Waals surface area contributed by atoms with E-state index in [-0.39, 0.29) is 6.04 Å². The highest BCUT2D eigenvalue weighted by Gasteiger charge is 2.42. The second kappa shape index (κ2) is 3.82. The number of rotatable bonds is 2. The summed E-state index contributed by atoms with van der Waals surface area (Å²) in [4.78, 5) is 0. The zero-order chi connectivity index (χ0) is 11.0. The van der Waals surface area contributed by atoms with Crippen LogP contribution in [0, 0.1) is 11.3 Å². The minimum absolute atomic E-state index is 0.0475. The van der Waals surface area contributed by atoms with E-state index in [1.165, 1.54) is 0 Å². The summed E-state index contributed by atoms with van der Waals surface area (Å²) in [5, 5.41) is 10.4. The Morgan fingerprint density at radius 1 is 1.36 bits per heavy atom. The van der Waals surface area contributed by atoms with Crippen molar-refractivity contribution in [1.29, 1.82) is 0 Å². The predicted octanol–water partition coefficient (Wildman–Crippen LogP) is 2.30. The first kappa shape index (κ1) is 12.0. The van der Waals surface area contributed by atoms with E-state index in [0.29, 0.717) is 11.3 Å². The van der Waals surface area contributed by atoms with Crippen molar-refractivity contribution in [2.45, 2.75) is 65.0 Å². The van der Waals surface area contributed by atoms with E-state index in [1.807, 2.05) is 0 Å². The van der Waals surface area contributed by atoms with Crippen molar-refractivity contribution < 1.29 is 5.11 Å². The van der Waals surface area contributed by atoms with Crippen molar-refractivity contribution in [3.05, 3.63) is 0 Å². The van der Waals surface area contributed by atoms with Gasteiger partial charge in [0.1, 0.15) is 0 Å². The quantitative estimate of drug-likeness (QED) is 0.717. The van der Waals surface area contributed by atoms with E-state index < -0.39 is 5.60 Å². The molecule has 0 aromatic heterocycles. The second-order valence-electron chi connectivity index (χ2n) is 6.18. The summed E-state index contributed by atoms with van der Waals surface area (Å²) in [6.45, 7) is 8.76. The molecule has 2 unspecified atom stereocenters. The maximum absolute atomic E-state index is 10.4. The van der Waals surface area contributed by atoms with Crippen LogP contribution in [0.15, 0.2) is 0 Å². The Hall–Kier alpha value is -0.0800. The second-order valence-corrected chi connectivity index (χ2v) is 6.18. The molecule has 1 aliphatic carbocycles. The molecule has 2 nitrogen and oxygen atoms in total.